The van der Waals surface area contributed by atoms with Gasteiger partial charge in [-0.25, -0.2) is 17.6 Å². The fourth-order valence-corrected chi connectivity index (χ4v) is 1.83. The predicted octanol–water partition coefficient (Wildman–Crippen LogP) is 3.49. The highest BCUT2D eigenvalue weighted by Gasteiger charge is 2.14. The third-order valence-corrected chi connectivity index (χ3v) is 2.80. The van der Waals surface area contributed by atoms with Crippen LogP contribution in [0.4, 0.5) is 17.6 Å². The van der Waals surface area contributed by atoms with Crippen LogP contribution < -0.4 is 5.73 Å². The molecule has 0 aliphatic carbocycles. The summed E-state index contributed by atoms with van der Waals surface area (Å²) in [5.74, 6) is -3.19. The number of hydrogen-bond donors (Lipinski definition) is 1. The molecule has 0 aromatic heterocycles. The molecule has 2 N–H and O–H groups in total. The Morgan fingerprint density at radius 1 is 0.842 bits per heavy atom. The maximum Gasteiger partial charge on any atom is 0.159 e. The lowest BCUT2D eigenvalue weighted by molar-refractivity contribution is 0.505. The Morgan fingerprint density at radius 2 is 1.53 bits per heavy atom. The van der Waals surface area contributed by atoms with Gasteiger partial charge in [0, 0.05) is 11.6 Å². The molecule has 2 aromatic carbocycles. The van der Waals surface area contributed by atoms with Gasteiger partial charge in [-0.05, 0) is 42.3 Å². The van der Waals surface area contributed by atoms with Crippen LogP contribution in [-0.2, 0) is 6.42 Å². The highest BCUT2D eigenvalue weighted by Crippen LogP contribution is 2.21. The molecule has 0 saturated carbocycles. The second-order valence-corrected chi connectivity index (χ2v) is 4.22. The van der Waals surface area contributed by atoms with Crippen LogP contribution in [0, 0.1) is 23.3 Å². The quantitative estimate of drug-likeness (QED) is 0.848. The Labute approximate surface area is 107 Å². The molecular formula is C14H11F4N. The molecule has 100 valence electrons. The lowest BCUT2D eigenvalue weighted by Crippen LogP contribution is -2.15. The normalized spacial score (nSPS) is 12.5. The van der Waals surface area contributed by atoms with Gasteiger partial charge in [0.05, 0.1) is 0 Å². The summed E-state index contributed by atoms with van der Waals surface area (Å²) >= 11 is 0. The molecule has 0 spiro atoms. The zero-order valence-corrected chi connectivity index (χ0v) is 9.84. The van der Waals surface area contributed by atoms with Crippen LogP contribution in [0.15, 0.2) is 36.4 Å². The van der Waals surface area contributed by atoms with E-state index < -0.39 is 29.3 Å². The molecule has 0 aliphatic rings. The molecule has 19 heavy (non-hydrogen) atoms. The van der Waals surface area contributed by atoms with Crippen LogP contribution >= 0.6 is 0 Å². The highest BCUT2D eigenvalue weighted by molar-refractivity contribution is 5.26. The second-order valence-electron chi connectivity index (χ2n) is 4.22. The minimum absolute atomic E-state index is 0.00438. The molecule has 2 rings (SSSR count). The van der Waals surface area contributed by atoms with Crippen molar-refractivity contribution in [1.29, 1.82) is 0 Å². The Hall–Kier alpha value is -1.88. The maximum absolute atomic E-state index is 13.5. The Balaban J connectivity index is 2.22. The first-order valence-electron chi connectivity index (χ1n) is 5.62. The van der Waals surface area contributed by atoms with Gasteiger partial charge in [-0.15, -0.1) is 0 Å². The van der Waals surface area contributed by atoms with Crippen molar-refractivity contribution < 1.29 is 17.6 Å². The number of rotatable bonds is 3. The van der Waals surface area contributed by atoms with Crippen molar-refractivity contribution in [2.75, 3.05) is 0 Å². The van der Waals surface area contributed by atoms with Crippen LogP contribution in [0.25, 0.3) is 0 Å². The van der Waals surface area contributed by atoms with E-state index in [9.17, 15) is 17.6 Å². The second kappa shape index (κ2) is 5.40. The molecule has 0 amide bonds. The lowest BCUT2D eigenvalue weighted by Gasteiger charge is -2.13. The molecule has 1 nitrogen and oxygen atoms in total. The third kappa shape index (κ3) is 3.12. The average Bonchev–Trinajstić information content (AvgIpc) is 2.36. The van der Waals surface area contributed by atoms with Crippen LogP contribution in [0.2, 0.25) is 0 Å². The smallest absolute Gasteiger partial charge is 0.159 e. The van der Waals surface area contributed by atoms with Gasteiger partial charge in [-0.1, -0.05) is 6.07 Å². The molecule has 0 saturated heterocycles. The first-order valence-corrected chi connectivity index (χ1v) is 5.62. The predicted molar refractivity (Wildman–Crippen MR) is 63.3 cm³/mol. The van der Waals surface area contributed by atoms with Crippen molar-refractivity contribution in [2.45, 2.75) is 12.5 Å². The first kappa shape index (κ1) is 13.5. The SMILES string of the molecule is NC(Cc1ccc(F)c(F)c1)c1cc(F)ccc1F. The van der Waals surface area contributed by atoms with E-state index in [4.69, 9.17) is 5.73 Å². The van der Waals surface area contributed by atoms with Gasteiger partial charge >= 0.3 is 0 Å². The number of nitrogens with two attached hydrogens (primary N) is 1. The van der Waals surface area contributed by atoms with E-state index in [0.29, 0.717) is 5.56 Å². The van der Waals surface area contributed by atoms with Crippen LogP contribution in [0.5, 0.6) is 0 Å². The minimum atomic E-state index is -0.996. The van der Waals surface area contributed by atoms with E-state index in [1.165, 1.54) is 6.07 Å². The molecule has 0 aliphatic heterocycles. The minimum Gasteiger partial charge on any atom is -0.324 e. The van der Waals surface area contributed by atoms with Crippen molar-refractivity contribution >= 4 is 0 Å². The molecular weight excluding hydrogens is 258 g/mol. The van der Waals surface area contributed by atoms with Gasteiger partial charge in [0.25, 0.3) is 0 Å². The molecule has 2 aromatic rings. The highest BCUT2D eigenvalue weighted by atomic mass is 19.2. The van der Waals surface area contributed by atoms with E-state index in [2.05, 4.69) is 0 Å². The summed E-state index contributed by atoms with van der Waals surface area (Å²) < 4.78 is 52.3. The summed E-state index contributed by atoms with van der Waals surface area (Å²) in [4.78, 5) is 0. The van der Waals surface area contributed by atoms with Crippen molar-refractivity contribution in [1.82, 2.24) is 0 Å². The lowest BCUT2D eigenvalue weighted by atomic mass is 9.99. The fraction of sp³-hybridized carbons (Fsp3) is 0.143. The van der Waals surface area contributed by atoms with Gasteiger partial charge < -0.3 is 5.73 Å². The summed E-state index contributed by atoms with van der Waals surface area (Å²) in [7, 11) is 0. The van der Waals surface area contributed by atoms with Crippen molar-refractivity contribution in [3.05, 3.63) is 70.8 Å². The molecule has 1 unspecified atom stereocenters. The summed E-state index contributed by atoms with van der Waals surface area (Å²) in [6.07, 6.45) is 0.0809. The molecule has 0 radical (unpaired) electrons. The monoisotopic (exact) mass is 269 g/mol. The standard InChI is InChI=1S/C14H11F4N/c15-9-2-4-11(16)10(7-9)14(19)6-8-1-3-12(17)13(18)5-8/h1-5,7,14H,6,19H2. The molecule has 0 fully saturated rings. The zero-order chi connectivity index (χ0) is 14.0. The van der Waals surface area contributed by atoms with Gasteiger partial charge in [-0.2, -0.15) is 0 Å². The number of halogens is 4. The van der Waals surface area contributed by atoms with Crippen molar-refractivity contribution in [3.8, 4) is 0 Å². The van der Waals surface area contributed by atoms with Crippen LogP contribution in [-0.4, -0.2) is 0 Å². The van der Waals surface area contributed by atoms with E-state index in [1.54, 1.807) is 0 Å². The zero-order valence-electron chi connectivity index (χ0n) is 9.84. The molecule has 5 heteroatoms. The molecule has 0 heterocycles. The van der Waals surface area contributed by atoms with Gasteiger partial charge in [0.1, 0.15) is 11.6 Å². The Morgan fingerprint density at radius 3 is 2.21 bits per heavy atom. The van der Waals surface area contributed by atoms with Gasteiger partial charge in [-0.3, -0.25) is 0 Å². The number of hydrogen-bond acceptors (Lipinski definition) is 1. The molecule has 1 atom stereocenters. The van der Waals surface area contributed by atoms with Crippen LogP contribution in [0.1, 0.15) is 17.2 Å². The summed E-state index contributed by atoms with van der Waals surface area (Å²) in [6, 6.07) is 5.46. The maximum atomic E-state index is 13.5. The Bertz CT molecular complexity index is 598. The van der Waals surface area contributed by atoms with Crippen molar-refractivity contribution in [3.63, 3.8) is 0 Å². The largest absolute Gasteiger partial charge is 0.324 e. The molecule has 0 bridgehead atoms. The van der Waals surface area contributed by atoms with Gasteiger partial charge in [0.2, 0.25) is 0 Å². The average molecular weight is 269 g/mol. The van der Waals surface area contributed by atoms with E-state index >= 15 is 0 Å². The van der Waals surface area contributed by atoms with E-state index in [0.717, 1.165) is 30.3 Å². The van der Waals surface area contributed by atoms with Crippen LogP contribution in [0.3, 0.4) is 0 Å². The van der Waals surface area contributed by atoms with E-state index in [1.807, 2.05) is 0 Å². The fourth-order valence-electron chi connectivity index (χ4n) is 1.83. The Kier molecular flexibility index (Phi) is 3.85. The topological polar surface area (TPSA) is 26.0 Å². The summed E-state index contributed by atoms with van der Waals surface area (Å²) in [5, 5.41) is 0. The summed E-state index contributed by atoms with van der Waals surface area (Å²) in [6.45, 7) is 0. The van der Waals surface area contributed by atoms with Crippen molar-refractivity contribution in [2.24, 2.45) is 5.73 Å². The van der Waals surface area contributed by atoms with E-state index in [-0.39, 0.29) is 12.0 Å². The third-order valence-electron chi connectivity index (χ3n) is 2.80. The first-order chi connectivity index (χ1) is 8.97. The van der Waals surface area contributed by atoms with Gasteiger partial charge in [0.15, 0.2) is 11.6 Å². The summed E-state index contributed by atoms with van der Waals surface area (Å²) in [5.41, 5.74) is 6.18. The number of benzene rings is 2.